The van der Waals surface area contributed by atoms with Crippen molar-refractivity contribution in [2.45, 2.75) is 45.1 Å². The van der Waals surface area contributed by atoms with Crippen molar-refractivity contribution < 1.29 is 9.21 Å². The molecule has 1 aliphatic heterocycles. The number of amides is 1. The van der Waals surface area contributed by atoms with E-state index in [9.17, 15) is 4.79 Å². The van der Waals surface area contributed by atoms with E-state index in [4.69, 9.17) is 4.42 Å². The minimum atomic E-state index is 0.0194. The van der Waals surface area contributed by atoms with Gasteiger partial charge in [-0.3, -0.25) is 4.79 Å². The maximum Gasteiger partial charge on any atom is 0.289 e. The van der Waals surface area contributed by atoms with Crippen LogP contribution < -0.4 is 0 Å². The van der Waals surface area contributed by atoms with Crippen LogP contribution in [0, 0.1) is 12.8 Å². The fraction of sp³-hybridized carbons (Fsp3) is 0.556. The van der Waals surface area contributed by atoms with Crippen LogP contribution in [0.15, 0.2) is 29.0 Å². The van der Waals surface area contributed by atoms with Crippen LogP contribution in [0.3, 0.4) is 0 Å². The molecule has 0 bridgehead atoms. The standard InChI is InChI=1S/C18H23N3O2/c1-13-11-19-17(15-4-5-15)21(13)12-14-6-8-20(9-7-14)18(22)16-3-2-10-23-16/h2-3,10-11,14-15H,4-9,12H2,1H3. The molecule has 23 heavy (non-hydrogen) atoms. The molecule has 2 aliphatic rings. The van der Waals surface area contributed by atoms with E-state index < -0.39 is 0 Å². The number of likely N-dealkylation sites (tertiary alicyclic amines) is 1. The lowest BCUT2D eigenvalue weighted by molar-refractivity contribution is 0.0650. The average molecular weight is 313 g/mol. The van der Waals surface area contributed by atoms with E-state index in [0.29, 0.717) is 17.6 Å². The van der Waals surface area contributed by atoms with E-state index in [2.05, 4.69) is 16.5 Å². The molecule has 1 saturated heterocycles. The van der Waals surface area contributed by atoms with Gasteiger partial charge in [0.1, 0.15) is 5.82 Å². The van der Waals surface area contributed by atoms with Crippen LogP contribution in [0.1, 0.15) is 53.7 Å². The number of aromatic nitrogens is 2. The third-order valence-electron chi connectivity index (χ3n) is 5.10. The van der Waals surface area contributed by atoms with Crippen LogP contribution in [-0.4, -0.2) is 33.4 Å². The second-order valence-electron chi connectivity index (χ2n) is 6.86. The quantitative estimate of drug-likeness (QED) is 0.871. The second-order valence-corrected chi connectivity index (χ2v) is 6.86. The third kappa shape index (κ3) is 2.92. The van der Waals surface area contributed by atoms with Gasteiger partial charge in [-0.25, -0.2) is 4.98 Å². The lowest BCUT2D eigenvalue weighted by Crippen LogP contribution is -2.39. The first-order chi connectivity index (χ1) is 11.2. The SMILES string of the molecule is Cc1cnc(C2CC2)n1CC1CCN(C(=O)c2ccco2)CC1. The number of rotatable bonds is 4. The lowest BCUT2D eigenvalue weighted by atomic mass is 9.96. The zero-order valence-electron chi connectivity index (χ0n) is 13.6. The Labute approximate surface area is 136 Å². The molecular weight excluding hydrogens is 290 g/mol. The summed E-state index contributed by atoms with van der Waals surface area (Å²) in [6.07, 6.45) is 8.23. The largest absolute Gasteiger partial charge is 0.459 e. The first kappa shape index (κ1) is 14.5. The summed E-state index contributed by atoms with van der Waals surface area (Å²) in [4.78, 5) is 18.8. The smallest absolute Gasteiger partial charge is 0.289 e. The van der Waals surface area contributed by atoms with Gasteiger partial charge in [0.2, 0.25) is 0 Å². The minimum absolute atomic E-state index is 0.0194. The number of nitrogens with zero attached hydrogens (tertiary/aromatic N) is 3. The molecule has 0 spiro atoms. The number of furan rings is 1. The number of piperidine rings is 1. The molecule has 1 amide bonds. The van der Waals surface area contributed by atoms with E-state index >= 15 is 0 Å². The van der Waals surface area contributed by atoms with Crippen molar-refractivity contribution in [2.24, 2.45) is 5.92 Å². The molecule has 0 unspecified atom stereocenters. The number of carbonyl (C=O) groups excluding carboxylic acids is 1. The molecule has 1 aliphatic carbocycles. The van der Waals surface area contributed by atoms with Crippen molar-refractivity contribution in [3.05, 3.63) is 41.9 Å². The van der Waals surface area contributed by atoms with Gasteiger partial charge in [-0.2, -0.15) is 0 Å². The number of carbonyl (C=O) groups is 1. The van der Waals surface area contributed by atoms with Gasteiger partial charge in [-0.1, -0.05) is 0 Å². The van der Waals surface area contributed by atoms with Crippen LogP contribution in [0.5, 0.6) is 0 Å². The highest BCUT2D eigenvalue weighted by atomic mass is 16.3. The molecule has 3 heterocycles. The Morgan fingerprint density at radius 2 is 2.09 bits per heavy atom. The summed E-state index contributed by atoms with van der Waals surface area (Å²) in [5.74, 6) is 3.05. The number of hydrogen-bond acceptors (Lipinski definition) is 3. The van der Waals surface area contributed by atoms with Gasteiger partial charge in [0, 0.05) is 37.4 Å². The summed E-state index contributed by atoms with van der Waals surface area (Å²) in [6, 6.07) is 3.51. The molecule has 4 rings (SSSR count). The van der Waals surface area contributed by atoms with E-state index in [1.54, 1.807) is 18.4 Å². The molecule has 0 radical (unpaired) electrons. The molecule has 2 aromatic heterocycles. The van der Waals surface area contributed by atoms with Crippen LogP contribution in [0.4, 0.5) is 0 Å². The number of aryl methyl sites for hydroxylation is 1. The summed E-state index contributed by atoms with van der Waals surface area (Å²) < 4.78 is 7.63. The predicted octanol–water partition coefficient (Wildman–Crippen LogP) is 3.21. The molecule has 0 aromatic carbocycles. The van der Waals surface area contributed by atoms with Gasteiger partial charge in [-0.15, -0.1) is 0 Å². The molecule has 1 saturated carbocycles. The highest BCUT2D eigenvalue weighted by molar-refractivity contribution is 5.91. The van der Waals surface area contributed by atoms with Gasteiger partial charge >= 0.3 is 0 Å². The van der Waals surface area contributed by atoms with Crippen molar-refractivity contribution in [2.75, 3.05) is 13.1 Å². The molecule has 122 valence electrons. The van der Waals surface area contributed by atoms with E-state index in [-0.39, 0.29) is 5.91 Å². The summed E-state index contributed by atoms with van der Waals surface area (Å²) >= 11 is 0. The first-order valence-electron chi connectivity index (χ1n) is 8.57. The summed E-state index contributed by atoms with van der Waals surface area (Å²) in [6.45, 7) is 4.82. The van der Waals surface area contributed by atoms with Crippen molar-refractivity contribution in [3.63, 3.8) is 0 Å². The summed E-state index contributed by atoms with van der Waals surface area (Å²) in [5.41, 5.74) is 1.26. The van der Waals surface area contributed by atoms with Crippen molar-refractivity contribution in [1.82, 2.24) is 14.5 Å². The maximum atomic E-state index is 12.3. The predicted molar refractivity (Wildman–Crippen MR) is 86.3 cm³/mol. The molecule has 0 N–H and O–H groups in total. The molecular formula is C18H23N3O2. The highest BCUT2D eigenvalue weighted by Gasteiger charge is 2.30. The molecule has 5 heteroatoms. The highest BCUT2D eigenvalue weighted by Crippen LogP contribution is 2.40. The number of imidazole rings is 1. The summed E-state index contributed by atoms with van der Waals surface area (Å²) in [5, 5.41) is 0. The average Bonchev–Trinajstić information content (AvgIpc) is 3.14. The van der Waals surface area contributed by atoms with Crippen molar-refractivity contribution in [1.29, 1.82) is 0 Å². The van der Waals surface area contributed by atoms with Gasteiger partial charge in [0.05, 0.1) is 6.26 Å². The van der Waals surface area contributed by atoms with Gasteiger partial charge in [0.15, 0.2) is 5.76 Å². The van der Waals surface area contributed by atoms with Gasteiger partial charge < -0.3 is 13.9 Å². The van der Waals surface area contributed by atoms with Crippen LogP contribution in [-0.2, 0) is 6.54 Å². The Balaban J connectivity index is 1.37. The van der Waals surface area contributed by atoms with E-state index in [0.717, 1.165) is 32.5 Å². The van der Waals surface area contributed by atoms with Crippen LogP contribution in [0.2, 0.25) is 0 Å². The van der Waals surface area contributed by atoms with Crippen molar-refractivity contribution in [3.8, 4) is 0 Å². The lowest BCUT2D eigenvalue weighted by Gasteiger charge is -2.32. The second kappa shape index (κ2) is 5.87. The number of hydrogen-bond donors (Lipinski definition) is 0. The Morgan fingerprint density at radius 3 is 2.74 bits per heavy atom. The normalized spacial score (nSPS) is 19.3. The molecule has 2 fully saturated rings. The fourth-order valence-corrected chi connectivity index (χ4v) is 3.52. The Bertz CT molecular complexity index is 677. The molecule has 0 atom stereocenters. The first-order valence-corrected chi connectivity index (χ1v) is 8.57. The maximum absolute atomic E-state index is 12.3. The van der Waals surface area contributed by atoms with E-state index in [1.807, 2.05) is 11.1 Å². The van der Waals surface area contributed by atoms with Crippen LogP contribution >= 0.6 is 0 Å². The Hall–Kier alpha value is -2.04. The molecule has 5 nitrogen and oxygen atoms in total. The van der Waals surface area contributed by atoms with Crippen LogP contribution in [0.25, 0.3) is 0 Å². The van der Waals surface area contributed by atoms with Gasteiger partial charge in [0.25, 0.3) is 5.91 Å². The van der Waals surface area contributed by atoms with Crippen molar-refractivity contribution >= 4 is 5.91 Å². The third-order valence-corrected chi connectivity index (χ3v) is 5.10. The fourth-order valence-electron chi connectivity index (χ4n) is 3.52. The monoisotopic (exact) mass is 313 g/mol. The zero-order chi connectivity index (χ0) is 15.8. The molecule has 2 aromatic rings. The topological polar surface area (TPSA) is 51.3 Å². The zero-order valence-corrected chi connectivity index (χ0v) is 13.6. The summed E-state index contributed by atoms with van der Waals surface area (Å²) in [7, 11) is 0. The van der Waals surface area contributed by atoms with E-state index in [1.165, 1.54) is 24.4 Å². The Morgan fingerprint density at radius 1 is 1.30 bits per heavy atom. The Kier molecular flexibility index (Phi) is 3.71. The minimum Gasteiger partial charge on any atom is -0.459 e. The van der Waals surface area contributed by atoms with Gasteiger partial charge in [-0.05, 0) is 50.7 Å².